The molecular formula is C15H23N2O4-. The Labute approximate surface area is 124 Å². The maximum atomic E-state index is 12.4. The molecule has 6 nitrogen and oxygen atoms in total. The van der Waals surface area contributed by atoms with Crippen LogP contribution in [0.5, 0.6) is 0 Å². The number of primary amides is 1. The molecule has 2 N–H and O–H groups in total. The molecule has 21 heavy (non-hydrogen) atoms. The van der Waals surface area contributed by atoms with Gasteiger partial charge in [-0.05, 0) is 37.5 Å². The highest BCUT2D eigenvalue weighted by Gasteiger charge is 2.38. The number of hydrogen-bond acceptors (Lipinski definition) is 4. The molecule has 0 aromatic heterocycles. The van der Waals surface area contributed by atoms with E-state index in [9.17, 15) is 19.5 Å². The minimum absolute atomic E-state index is 0.000991. The first kappa shape index (κ1) is 15.8. The van der Waals surface area contributed by atoms with Gasteiger partial charge in [-0.3, -0.25) is 9.59 Å². The fourth-order valence-electron chi connectivity index (χ4n) is 3.69. The Morgan fingerprint density at radius 1 is 1.10 bits per heavy atom. The lowest BCUT2D eigenvalue weighted by molar-refractivity contribution is -0.308. The van der Waals surface area contributed by atoms with E-state index in [4.69, 9.17) is 5.73 Å². The van der Waals surface area contributed by atoms with Crippen LogP contribution in [-0.2, 0) is 14.4 Å². The van der Waals surface area contributed by atoms with E-state index in [1.54, 1.807) is 4.90 Å². The average Bonchev–Trinajstić information content (AvgIpc) is 2.86. The predicted molar refractivity (Wildman–Crippen MR) is 73.6 cm³/mol. The van der Waals surface area contributed by atoms with Crippen LogP contribution < -0.4 is 10.8 Å². The molecule has 0 unspecified atom stereocenters. The maximum absolute atomic E-state index is 12.4. The molecule has 1 heterocycles. The second kappa shape index (κ2) is 6.45. The molecule has 0 spiro atoms. The highest BCUT2D eigenvalue weighted by atomic mass is 16.4. The zero-order chi connectivity index (χ0) is 15.5. The molecule has 0 atom stereocenters. The molecule has 1 saturated carbocycles. The molecule has 6 heteroatoms. The molecule has 2 fully saturated rings. The van der Waals surface area contributed by atoms with E-state index in [0.717, 1.165) is 25.7 Å². The lowest BCUT2D eigenvalue weighted by Gasteiger charge is -2.35. The molecule has 118 valence electrons. The zero-order valence-electron chi connectivity index (χ0n) is 12.3. The van der Waals surface area contributed by atoms with E-state index in [1.165, 1.54) is 0 Å². The number of nitrogens with zero attached hydrogens (tertiary/aromatic N) is 1. The lowest BCUT2D eigenvalue weighted by Crippen LogP contribution is -2.44. The molecule has 0 aromatic carbocycles. The Hall–Kier alpha value is -1.59. The SMILES string of the molecule is NC(=O)C1CCN(C(=O)CC2(CC(=O)[O-])CCCC2)CC1. The number of carboxylic acid groups (broad SMARTS) is 1. The number of amides is 2. The van der Waals surface area contributed by atoms with Gasteiger partial charge < -0.3 is 20.5 Å². The van der Waals surface area contributed by atoms with Crippen LogP contribution in [0.1, 0.15) is 51.4 Å². The number of rotatable bonds is 5. The quantitative estimate of drug-likeness (QED) is 0.758. The molecule has 0 radical (unpaired) electrons. The van der Waals surface area contributed by atoms with E-state index in [0.29, 0.717) is 25.9 Å². The van der Waals surface area contributed by atoms with Crippen LogP contribution in [0.3, 0.4) is 0 Å². The van der Waals surface area contributed by atoms with Crippen LogP contribution >= 0.6 is 0 Å². The summed E-state index contributed by atoms with van der Waals surface area (Å²) in [5, 5.41) is 10.9. The standard InChI is InChI=1S/C15H24N2O4/c16-14(21)11-3-7-17(8-4-11)12(18)9-15(10-13(19)20)5-1-2-6-15/h11H,1-10H2,(H2,16,21)(H,19,20)/p-1. The highest BCUT2D eigenvalue weighted by Crippen LogP contribution is 2.44. The molecule has 2 aliphatic rings. The summed E-state index contributed by atoms with van der Waals surface area (Å²) >= 11 is 0. The summed E-state index contributed by atoms with van der Waals surface area (Å²) in [6, 6.07) is 0. The summed E-state index contributed by atoms with van der Waals surface area (Å²) < 4.78 is 0. The minimum atomic E-state index is -1.07. The van der Waals surface area contributed by atoms with Crippen molar-refractivity contribution in [3.8, 4) is 0 Å². The Morgan fingerprint density at radius 2 is 1.67 bits per heavy atom. The molecule has 0 bridgehead atoms. The first-order valence-corrected chi connectivity index (χ1v) is 7.69. The van der Waals surface area contributed by atoms with Crippen LogP contribution in [0, 0.1) is 11.3 Å². The van der Waals surface area contributed by atoms with Gasteiger partial charge in [-0.25, -0.2) is 0 Å². The first-order chi connectivity index (χ1) is 9.92. The second-order valence-corrected chi connectivity index (χ2v) is 6.49. The molecule has 2 amide bonds. The van der Waals surface area contributed by atoms with Crippen molar-refractivity contribution in [2.24, 2.45) is 17.1 Å². The molecule has 1 aliphatic heterocycles. The van der Waals surface area contributed by atoms with Crippen LogP contribution in [0.15, 0.2) is 0 Å². The predicted octanol–water partition coefficient (Wildman–Crippen LogP) is -0.199. The van der Waals surface area contributed by atoms with Crippen LogP contribution in [0.25, 0.3) is 0 Å². The molecule has 1 saturated heterocycles. The van der Waals surface area contributed by atoms with Crippen molar-refractivity contribution >= 4 is 17.8 Å². The number of carbonyl (C=O) groups is 3. The van der Waals surface area contributed by atoms with Gasteiger partial charge in [0.15, 0.2) is 0 Å². The third kappa shape index (κ3) is 3.95. The normalized spacial score (nSPS) is 22.2. The van der Waals surface area contributed by atoms with Crippen molar-refractivity contribution in [2.75, 3.05) is 13.1 Å². The van der Waals surface area contributed by atoms with Crippen molar-refractivity contribution < 1.29 is 19.5 Å². The lowest BCUT2D eigenvalue weighted by atomic mass is 9.79. The number of piperidine rings is 1. The maximum Gasteiger partial charge on any atom is 0.223 e. The van der Waals surface area contributed by atoms with Gasteiger partial charge >= 0.3 is 0 Å². The molecule has 2 rings (SSSR count). The van der Waals surface area contributed by atoms with E-state index in [2.05, 4.69) is 0 Å². The summed E-state index contributed by atoms with van der Waals surface area (Å²) in [5.74, 6) is -1.51. The second-order valence-electron chi connectivity index (χ2n) is 6.49. The number of carbonyl (C=O) groups excluding carboxylic acids is 3. The Bertz CT molecular complexity index is 421. The number of aliphatic carboxylic acids is 1. The highest BCUT2D eigenvalue weighted by molar-refractivity contribution is 5.79. The monoisotopic (exact) mass is 295 g/mol. The van der Waals surface area contributed by atoms with E-state index < -0.39 is 11.4 Å². The largest absolute Gasteiger partial charge is 0.550 e. The average molecular weight is 295 g/mol. The van der Waals surface area contributed by atoms with Crippen LogP contribution in [0.2, 0.25) is 0 Å². The van der Waals surface area contributed by atoms with Gasteiger partial charge in [0, 0.05) is 31.4 Å². The van der Waals surface area contributed by atoms with E-state index >= 15 is 0 Å². The van der Waals surface area contributed by atoms with Crippen LogP contribution in [-0.4, -0.2) is 35.8 Å². The first-order valence-electron chi connectivity index (χ1n) is 7.69. The minimum Gasteiger partial charge on any atom is -0.550 e. The summed E-state index contributed by atoms with van der Waals surface area (Å²) in [5.41, 5.74) is 4.86. The van der Waals surface area contributed by atoms with Gasteiger partial charge in [0.25, 0.3) is 0 Å². The fourth-order valence-corrected chi connectivity index (χ4v) is 3.69. The number of hydrogen-bond donors (Lipinski definition) is 1. The molecule has 1 aliphatic carbocycles. The number of likely N-dealkylation sites (tertiary alicyclic amines) is 1. The summed E-state index contributed by atoms with van der Waals surface area (Å²) in [6.45, 7) is 1.07. The van der Waals surface area contributed by atoms with E-state index in [-0.39, 0.29) is 30.6 Å². The molecular weight excluding hydrogens is 272 g/mol. The van der Waals surface area contributed by atoms with Gasteiger partial charge in [0.2, 0.25) is 11.8 Å². The van der Waals surface area contributed by atoms with Crippen LogP contribution in [0.4, 0.5) is 0 Å². The van der Waals surface area contributed by atoms with Gasteiger partial charge in [-0.1, -0.05) is 12.8 Å². The third-order valence-corrected chi connectivity index (χ3v) is 4.96. The Morgan fingerprint density at radius 3 is 2.14 bits per heavy atom. The number of nitrogens with two attached hydrogens (primary N) is 1. The molecule has 0 aromatic rings. The van der Waals surface area contributed by atoms with Crippen molar-refractivity contribution in [3.05, 3.63) is 0 Å². The topological polar surface area (TPSA) is 104 Å². The van der Waals surface area contributed by atoms with Gasteiger partial charge in [0.05, 0.1) is 0 Å². The summed E-state index contributed by atoms with van der Waals surface area (Å²) in [4.78, 5) is 36.2. The Kier molecular flexibility index (Phi) is 4.85. The number of carboxylic acids is 1. The van der Waals surface area contributed by atoms with Gasteiger partial charge in [-0.2, -0.15) is 0 Å². The van der Waals surface area contributed by atoms with E-state index in [1.807, 2.05) is 0 Å². The van der Waals surface area contributed by atoms with Crippen molar-refractivity contribution in [1.82, 2.24) is 4.90 Å². The summed E-state index contributed by atoms with van der Waals surface area (Å²) in [7, 11) is 0. The van der Waals surface area contributed by atoms with Crippen molar-refractivity contribution in [1.29, 1.82) is 0 Å². The fraction of sp³-hybridized carbons (Fsp3) is 0.800. The van der Waals surface area contributed by atoms with Gasteiger partial charge in [-0.15, -0.1) is 0 Å². The zero-order valence-corrected chi connectivity index (χ0v) is 12.3. The summed E-state index contributed by atoms with van der Waals surface area (Å²) in [6.07, 6.45) is 4.98. The van der Waals surface area contributed by atoms with Crippen molar-refractivity contribution in [3.63, 3.8) is 0 Å². The smallest absolute Gasteiger partial charge is 0.223 e. The van der Waals surface area contributed by atoms with Gasteiger partial charge in [0.1, 0.15) is 0 Å². The van der Waals surface area contributed by atoms with Crippen molar-refractivity contribution in [2.45, 2.75) is 51.4 Å². The Balaban J connectivity index is 1.91. The third-order valence-electron chi connectivity index (χ3n) is 4.96.